The van der Waals surface area contributed by atoms with Crippen molar-refractivity contribution in [3.63, 3.8) is 0 Å². The molecule has 0 radical (unpaired) electrons. The van der Waals surface area contributed by atoms with Gasteiger partial charge in [0.05, 0.1) is 11.4 Å². The van der Waals surface area contributed by atoms with Crippen molar-refractivity contribution in [1.82, 2.24) is 25.7 Å². The van der Waals surface area contributed by atoms with Crippen molar-refractivity contribution in [3.05, 3.63) is 193 Å². The molecule has 6 aromatic carbocycles. The first kappa shape index (κ1) is 31.7. The lowest BCUT2D eigenvalue weighted by molar-refractivity contribution is 0.693. The summed E-state index contributed by atoms with van der Waals surface area (Å²) in [5, 5.41) is 22.2. The summed E-state index contributed by atoms with van der Waals surface area (Å²) in [6, 6.07) is 62.7. The maximum atomic E-state index is 4.70. The molecule has 0 bridgehead atoms. The summed E-state index contributed by atoms with van der Waals surface area (Å²) in [6.07, 6.45) is 0. The maximum Gasteiger partial charge on any atom is 0.101 e. The molecule has 8 aromatic rings. The molecule has 0 spiro atoms. The highest BCUT2D eigenvalue weighted by atomic mass is 15.1. The van der Waals surface area contributed by atoms with Gasteiger partial charge in [-0.15, -0.1) is 20.4 Å². The lowest BCUT2D eigenvalue weighted by Gasteiger charge is -2.13. The fraction of sp³-hybridized carbons (Fsp3) is 0.0435. The van der Waals surface area contributed by atoms with Gasteiger partial charge >= 0.3 is 0 Å². The van der Waals surface area contributed by atoms with Crippen molar-refractivity contribution in [2.45, 2.75) is 13.1 Å². The molecule has 2 aromatic heterocycles. The second-order valence-electron chi connectivity index (χ2n) is 12.4. The third-order valence-electron chi connectivity index (χ3n) is 9.01. The van der Waals surface area contributed by atoms with Gasteiger partial charge in [0.1, 0.15) is 11.4 Å². The molecule has 244 valence electrons. The number of nitrogens with one attached hydrogen (secondary N) is 1. The number of nitrogens with zero attached hydrogens (tertiary/aromatic N) is 4. The van der Waals surface area contributed by atoms with E-state index in [1.165, 1.54) is 11.1 Å². The Bertz CT molecular complexity index is 2170. The zero-order chi connectivity index (χ0) is 34.2. The first-order valence-electron chi connectivity index (χ1n) is 17.1. The fourth-order valence-corrected chi connectivity index (χ4v) is 6.30. The molecule has 51 heavy (non-hydrogen) atoms. The van der Waals surface area contributed by atoms with E-state index in [0.29, 0.717) is 0 Å². The molecule has 0 aliphatic rings. The molecule has 0 unspecified atom stereocenters. The summed E-state index contributed by atoms with van der Waals surface area (Å²) >= 11 is 0. The molecule has 2 heterocycles. The minimum Gasteiger partial charge on any atom is -0.309 e. The van der Waals surface area contributed by atoms with Crippen molar-refractivity contribution in [3.8, 4) is 67.3 Å². The van der Waals surface area contributed by atoms with Gasteiger partial charge in [0.2, 0.25) is 0 Å². The van der Waals surface area contributed by atoms with Gasteiger partial charge < -0.3 is 5.32 Å². The Morgan fingerprint density at radius 3 is 1.00 bits per heavy atom. The highest BCUT2D eigenvalue weighted by Crippen LogP contribution is 2.34. The zero-order valence-electron chi connectivity index (χ0n) is 28.0. The predicted octanol–water partition coefficient (Wildman–Crippen LogP) is 10.6. The van der Waals surface area contributed by atoms with Crippen LogP contribution in [-0.4, -0.2) is 20.4 Å². The SMILES string of the molecule is c1ccc(-c2cc(-c3ccc(CNCc4ccc(-c5cc(-c6ccccc6)nnc5-c5ccccc5)cc4)cc3)c(-c3ccccc3)nn2)cc1. The normalized spacial score (nSPS) is 11.0. The first-order chi connectivity index (χ1) is 25.3. The van der Waals surface area contributed by atoms with Crippen LogP contribution in [0.3, 0.4) is 0 Å². The monoisotopic (exact) mass is 657 g/mol. The highest BCUT2D eigenvalue weighted by molar-refractivity contribution is 5.84. The minimum atomic E-state index is 0.754. The van der Waals surface area contributed by atoms with Crippen LogP contribution in [0.25, 0.3) is 67.3 Å². The van der Waals surface area contributed by atoms with Crippen LogP contribution in [-0.2, 0) is 13.1 Å². The Morgan fingerprint density at radius 1 is 0.314 bits per heavy atom. The van der Waals surface area contributed by atoms with Crippen molar-refractivity contribution in [2.75, 3.05) is 0 Å². The van der Waals surface area contributed by atoms with Crippen LogP contribution in [0.1, 0.15) is 11.1 Å². The summed E-state index contributed by atoms with van der Waals surface area (Å²) in [5.74, 6) is 0. The van der Waals surface area contributed by atoms with Crippen molar-refractivity contribution >= 4 is 0 Å². The molecule has 5 heteroatoms. The molecule has 8 rings (SSSR count). The minimum absolute atomic E-state index is 0.754. The third kappa shape index (κ3) is 7.25. The number of hydrogen-bond donors (Lipinski definition) is 1. The van der Waals surface area contributed by atoms with E-state index in [-0.39, 0.29) is 0 Å². The summed E-state index contributed by atoms with van der Waals surface area (Å²) in [6.45, 7) is 1.51. The van der Waals surface area contributed by atoms with E-state index >= 15 is 0 Å². The highest BCUT2D eigenvalue weighted by Gasteiger charge is 2.14. The van der Waals surface area contributed by atoms with Crippen LogP contribution in [0.2, 0.25) is 0 Å². The predicted molar refractivity (Wildman–Crippen MR) is 207 cm³/mol. The molecule has 0 saturated heterocycles. The van der Waals surface area contributed by atoms with Crippen LogP contribution in [0, 0.1) is 0 Å². The number of rotatable bonds is 10. The largest absolute Gasteiger partial charge is 0.309 e. The summed E-state index contributed by atoms with van der Waals surface area (Å²) < 4.78 is 0. The van der Waals surface area contributed by atoms with Crippen LogP contribution in [0.15, 0.2) is 182 Å². The Hall–Kier alpha value is -6.56. The van der Waals surface area contributed by atoms with E-state index in [9.17, 15) is 0 Å². The van der Waals surface area contributed by atoms with Crippen LogP contribution in [0.4, 0.5) is 0 Å². The van der Waals surface area contributed by atoms with E-state index in [4.69, 9.17) is 10.2 Å². The topological polar surface area (TPSA) is 63.6 Å². The van der Waals surface area contributed by atoms with Gasteiger partial charge in [-0.3, -0.25) is 0 Å². The molecule has 0 fully saturated rings. The Balaban J connectivity index is 0.984. The fourth-order valence-electron chi connectivity index (χ4n) is 6.30. The van der Waals surface area contributed by atoms with E-state index in [0.717, 1.165) is 80.4 Å². The standard InChI is InChI=1S/C46H35N5/c1-5-13-37(14-6-1)43-29-41(45(50-48-43)39-17-9-3-10-18-39)35-25-21-33(22-26-35)31-47-32-34-23-27-36(28-24-34)42-30-44(38-15-7-2-8-16-38)49-51-46(42)40-19-11-4-12-20-40/h1-30,47H,31-32H2. The van der Waals surface area contributed by atoms with Gasteiger partial charge in [-0.1, -0.05) is 170 Å². The average molecular weight is 658 g/mol. The summed E-state index contributed by atoms with van der Waals surface area (Å²) in [5.41, 5.74) is 14.4. The average Bonchev–Trinajstić information content (AvgIpc) is 3.22. The van der Waals surface area contributed by atoms with Gasteiger partial charge in [-0.05, 0) is 34.4 Å². The number of benzene rings is 6. The lowest BCUT2D eigenvalue weighted by atomic mass is 9.97. The molecular formula is C46H35N5. The molecular weight excluding hydrogens is 623 g/mol. The molecule has 0 aliphatic carbocycles. The van der Waals surface area contributed by atoms with Gasteiger partial charge in [0.15, 0.2) is 0 Å². The Labute approximate surface area is 298 Å². The van der Waals surface area contributed by atoms with Gasteiger partial charge in [-0.2, -0.15) is 0 Å². The number of hydrogen-bond acceptors (Lipinski definition) is 5. The molecule has 0 saturated carbocycles. The van der Waals surface area contributed by atoms with Crippen molar-refractivity contribution in [1.29, 1.82) is 0 Å². The zero-order valence-corrected chi connectivity index (χ0v) is 28.0. The third-order valence-corrected chi connectivity index (χ3v) is 9.01. The van der Waals surface area contributed by atoms with Gasteiger partial charge in [0.25, 0.3) is 0 Å². The van der Waals surface area contributed by atoms with E-state index < -0.39 is 0 Å². The van der Waals surface area contributed by atoms with Crippen LogP contribution >= 0.6 is 0 Å². The lowest BCUT2D eigenvalue weighted by Crippen LogP contribution is -2.12. The molecule has 1 N–H and O–H groups in total. The summed E-state index contributed by atoms with van der Waals surface area (Å²) in [7, 11) is 0. The number of aromatic nitrogens is 4. The van der Waals surface area contributed by atoms with E-state index in [1.807, 2.05) is 72.8 Å². The van der Waals surface area contributed by atoms with Crippen molar-refractivity contribution in [2.24, 2.45) is 0 Å². The maximum absolute atomic E-state index is 4.70. The Morgan fingerprint density at radius 2 is 0.647 bits per heavy atom. The van der Waals surface area contributed by atoms with E-state index in [1.54, 1.807) is 0 Å². The molecule has 0 aliphatic heterocycles. The Kier molecular flexibility index (Phi) is 9.27. The first-order valence-corrected chi connectivity index (χ1v) is 17.1. The summed E-state index contributed by atoms with van der Waals surface area (Å²) in [4.78, 5) is 0. The van der Waals surface area contributed by atoms with Crippen LogP contribution < -0.4 is 5.32 Å². The second kappa shape index (κ2) is 14.9. The van der Waals surface area contributed by atoms with Gasteiger partial charge in [-0.25, -0.2) is 0 Å². The van der Waals surface area contributed by atoms with Crippen molar-refractivity contribution < 1.29 is 0 Å². The molecule has 0 atom stereocenters. The van der Waals surface area contributed by atoms with Crippen LogP contribution in [0.5, 0.6) is 0 Å². The molecule has 0 amide bonds. The second-order valence-corrected chi connectivity index (χ2v) is 12.4. The molecule has 5 nitrogen and oxygen atoms in total. The van der Waals surface area contributed by atoms with Gasteiger partial charge in [0, 0.05) is 46.5 Å². The quantitative estimate of drug-likeness (QED) is 0.159. The smallest absolute Gasteiger partial charge is 0.101 e. The van der Waals surface area contributed by atoms with E-state index in [2.05, 4.69) is 125 Å².